The van der Waals surface area contributed by atoms with Crippen molar-refractivity contribution >= 4 is 27.7 Å². The predicted molar refractivity (Wildman–Crippen MR) is 67.1 cm³/mol. The third-order valence-electron chi connectivity index (χ3n) is 2.01. The molecule has 1 aromatic rings. The summed E-state index contributed by atoms with van der Waals surface area (Å²) in [4.78, 5) is 8.16. The summed E-state index contributed by atoms with van der Waals surface area (Å²) in [5.41, 5.74) is 2.40. The molecule has 0 aromatic carbocycles. The maximum Gasteiger partial charge on any atom is 0.239 e. The Morgan fingerprint density at radius 2 is 2.38 bits per heavy atom. The quantitative estimate of drug-likeness (QED) is 0.542. The van der Waals surface area contributed by atoms with Gasteiger partial charge in [-0.1, -0.05) is 0 Å². The van der Waals surface area contributed by atoms with Gasteiger partial charge in [-0.15, -0.1) is 0 Å². The minimum atomic E-state index is 0.261. The van der Waals surface area contributed by atoms with E-state index >= 15 is 0 Å². The first-order chi connectivity index (χ1) is 7.67. The van der Waals surface area contributed by atoms with Crippen LogP contribution in [-0.4, -0.2) is 29.7 Å². The van der Waals surface area contributed by atoms with Crippen LogP contribution in [-0.2, 0) is 4.74 Å². The van der Waals surface area contributed by atoms with Gasteiger partial charge < -0.3 is 10.1 Å². The van der Waals surface area contributed by atoms with Gasteiger partial charge in [0.15, 0.2) is 0 Å². The molecule has 0 aliphatic carbocycles. The number of nitrogens with zero attached hydrogens (tertiary/aromatic N) is 2. The van der Waals surface area contributed by atoms with Crippen molar-refractivity contribution in [3.8, 4) is 0 Å². The van der Waals surface area contributed by atoms with Crippen LogP contribution in [0.4, 0.5) is 11.8 Å². The highest BCUT2D eigenvalue weighted by Gasteiger charge is 2.07. The average molecular weight is 290 g/mol. The van der Waals surface area contributed by atoms with Crippen molar-refractivity contribution in [2.75, 3.05) is 24.5 Å². The van der Waals surface area contributed by atoms with Gasteiger partial charge in [0.05, 0.1) is 4.47 Å². The van der Waals surface area contributed by atoms with Crippen LogP contribution in [0.1, 0.15) is 13.3 Å². The van der Waals surface area contributed by atoms with Crippen LogP contribution in [0, 0.1) is 0 Å². The lowest BCUT2D eigenvalue weighted by Gasteiger charge is -2.15. The van der Waals surface area contributed by atoms with Crippen LogP contribution in [0.2, 0.25) is 0 Å². The molecule has 0 radical (unpaired) electrons. The van der Waals surface area contributed by atoms with Crippen molar-refractivity contribution in [2.24, 2.45) is 5.84 Å². The van der Waals surface area contributed by atoms with E-state index in [2.05, 4.69) is 43.6 Å². The molecule has 1 atom stereocenters. The molecule has 90 valence electrons. The number of methoxy groups -OCH3 is 1. The van der Waals surface area contributed by atoms with Gasteiger partial charge in [-0.05, 0) is 29.3 Å². The molecule has 0 bridgehead atoms. The van der Waals surface area contributed by atoms with E-state index in [1.165, 1.54) is 0 Å². The van der Waals surface area contributed by atoms with E-state index in [4.69, 9.17) is 10.6 Å². The first-order valence-corrected chi connectivity index (χ1v) is 5.71. The number of nitrogen functional groups attached to an aromatic ring is 1. The second kappa shape index (κ2) is 6.62. The van der Waals surface area contributed by atoms with E-state index in [0.717, 1.165) is 10.9 Å². The maximum atomic E-state index is 5.24. The topological polar surface area (TPSA) is 85.1 Å². The van der Waals surface area contributed by atoms with Crippen molar-refractivity contribution < 1.29 is 4.74 Å². The molecule has 0 fully saturated rings. The number of nitrogens with two attached hydrogens (primary N) is 1. The van der Waals surface area contributed by atoms with Gasteiger partial charge in [-0.3, -0.25) is 5.43 Å². The van der Waals surface area contributed by atoms with Crippen LogP contribution in [0.5, 0.6) is 0 Å². The van der Waals surface area contributed by atoms with Crippen molar-refractivity contribution in [1.82, 2.24) is 9.97 Å². The summed E-state index contributed by atoms with van der Waals surface area (Å²) in [5.74, 6) is 6.34. The number of hydrazine groups is 1. The summed E-state index contributed by atoms with van der Waals surface area (Å²) in [6.07, 6.45) is 2.55. The Morgan fingerprint density at radius 3 is 3.00 bits per heavy atom. The zero-order valence-corrected chi connectivity index (χ0v) is 10.9. The monoisotopic (exact) mass is 289 g/mol. The summed E-state index contributed by atoms with van der Waals surface area (Å²) in [6.45, 7) is 2.77. The van der Waals surface area contributed by atoms with Gasteiger partial charge in [0.2, 0.25) is 5.95 Å². The molecule has 0 saturated heterocycles. The fourth-order valence-corrected chi connectivity index (χ4v) is 1.44. The molecular formula is C9H16BrN5O. The molecule has 1 heterocycles. The minimum absolute atomic E-state index is 0.261. The van der Waals surface area contributed by atoms with E-state index in [0.29, 0.717) is 18.4 Å². The predicted octanol–water partition coefficient (Wildman–Crippen LogP) is 1.36. The van der Waals surface area contributed by atoms with E-state index < -0.39 is 0 Å². The first-order valence-electron chi connectivity index (χ1n) is 4.92. The summed E-state index contributed by atoms with van der Waals surface area (Å²) in [5, 5.41) is 3.25. The Kier molecular flexibility index (Phi) is 5.44. The fourth-order valence-electron chi connectivity index (χ4n) is 1.14. The van der Waals surface area contributed by atoms with Crippen LogP contribution >= 0.6 is 15.9 Å². The Balaban J connectivity index is 2.64. The van der Waals surface area contributed by atoms with Gasteiger partial charge in [-0.25, -0.2) is 10.8 Å². The highest BCUT2D eigenvalue weighted by molar-refractivity contribution is 9.10. The molecule has 0 spiro atoms. The molecule has 16 heavy (non-hydrogen) atoms. The molecule has 6 nitrogen and oxygen atoms in total. The average Bonchev–Trinajstić information content (AvgIpc) is 2.29. The highest BCUT2D eigenvalue weighted by Crippen LogP contribution is 2.20. The van der Waals surface area contributed by atoms with Crippen LogP contribution in [0.25, 0.3) is 0 Å². The Hall–Kier alpha value is -0.920. The number of hydrogen-bond donors (Lipinski definition) is 3. The SMILES string of the molecule is COCCC(C)Nc1nc(NN)ncc1Br. The second-order valence-electron chi connectivity index (χ2n) is 3.36. The van der Waals surface area contributed by atoms with Crippen molar-refractivity contribution in [1.29, 1.82) is 0 Å². The van der Waals surface area contributed by atoms with Crippen molar-refractivity contribution in [2.45, 2.75) is 19.4 Å². The number of rotatable bonds is 6. The molecule has 1 rings (SSSR count). The van der Waals surface area contributed by atoms with E-state index in [1.807, 2.05) is 0 Å². The summed E-state index contributed by atoms with van der Waals surface area (Å²) < 4.78 is 5.81. The third-order valence-corrected chi connectivity index (χ3v) is 2.59. The Morgan fingerprint density at radius 1 is 1.62 bits per heavy atom. The highest BCUT2D eigenvalue weighted by atomic mass is 79.9. The number of nitrogens with one attached hydrogen (secondary N) is 2. The lowest BCUT2D eigenvalue weighted by atomic mass is 10.2. The number of anilines is 2. The summed E-state index contributed by atoms with van der Waals surface area (Å²) >= 11 is 3.37. The summed E-state index contributed by atoms with van der Waals surface area (Å²) in [7, 11) is 1.68. The zero-order chi connectivity index (χ0) is 12.0. The number of halogens is 1. The molecule has 0 aliphatic rings. The second-order valence-corrected chi connectivity index (χ2v) is 4.22. The normalized spacial score (nSPS) is 12.2. The Bertz CT molecular complexity index is 336. The number of aromatic nitrogens is 2. The van der Waals surface area contributed by atoms with Gasteiger partial charge in [0.25, 0.3) is 0 Å². The zero-order valence-electron chi connectivity index (χ0n) is 9.33. The first kappa shape index (κ1) is 13.1. The molecule has 0 aliphatic heterocycles. The fraction of sp³-hybridized carbons (Fsp3) is 0.556. The van der Waals surface area contributed by atoms with E-state index in [1.54, 1.807) is 13.3 Å². The van der Waals surface area contributed by atoms with Crippen LogP contribution in [0.3, 0.4) is 0 Å². The standard InChI is InChI=1S/C9H16BrN5O/c1-6(3-4-16-2)13-8-7(10)5-12-9(14-8)15-11/h5-6H,3-4,11H2,1-2H3,(H2,12,13,14,15). The molecule has 1 unspecified atom stereocenters. The molecular weight excluding hydrogens is 274 g/mol. The lowest BCUT2D eigenvalue weighted by Crippen LogP contribution is -2.19. The largest absolute Gasteiger partial charge is 0.385 e. The molecule has 4 N–H and O–H groups in total. The number of ether oxygens (including phenoxy) is 1. The Labute approximate surface area is 103 Å². The molecule has 0 amide bonds. The molecule has 7 heteroatoms. The van der Waals surface area contributed by atoms with E-state index in [-0.39, 0.29) is 6.04 Å². The summed E-state index contributed by atoms with van der Waals surface area (Å²) in [6, 6.07) is 0.261. The smallest absolute Gasteiger partial charge is 0.239 e. The maximum absolute atomic E-state index is 5.24. The number of hydrogen-bond acceptors (Lipinski definition) is 6. The van der Waals surface area contributed by atoms with Gasteiger partial charge in [0.1, 0.15) is 5.82 Å². The molecule has 0 saturated carbocycles. The van der Waals surface area contributed by atoms with Gasteiger partial charge in [0, 0.05) is 26.0 Å². The van der Waals surface area contributed by atoms with Crippen LogP contribution in [0.15, 0.2) is 10.7 Å². The van der Waals surface area contributed by atoms with Crippen LogP contribution < -0.4 is 16.6 Å². The van der Waals surface area contributed by atoms with Crippen molar-refractivity contribution in [3.05, 3.63) is 10.7 Å². The molecule has 1 aromatic heterocycles. The van der Waals surface area contributed by atoms with Gasteiger partial charge in [-0.2, -0.15) is 4.98 Å². The third kappa shape index (κ3) is 3.92. The van der Waals surface area contributed by atoms with E-state index in [9.17, 15) is 0 Å². The van der Waals surface area contributed by atoms with Crippen molar-refractivity contribution in [3.63, 3.8) is 0 Å². The lowest BCUT2D eigenvalue weighted by molar-refractivity contribution is 0.191. The van der Waals surface area contributed by atoms with Gasteiger partial charge >= 0.3 is 0 Å². The minimum Gasteiger partial charge on any atom is -0.385 e.